The number of hydrogen-bond donors (Lipinski definition) is 5. The predicted octanol–water partition coefficient (Wildman–Crippen LogP) is 4.58. The standard InChI is InChI=1S/C19H14N4O8S/c24-12-3-5-14(17(26)9-12)22-23-15-4-1-11(8-18(15)32(29,30)31)21-20-10-2-6-16(25)13(7-10)19(27)28/h1-9,24-26H,(H,27,28)(H,29,30,31). The Morgan fingerprint density at radius 2 is 1.31 bits per heavy atom. The van der Waals surface area contributed by atoms with Gasteiger partial charge in [0.05, 0.1) is 11.4 Å². The number of phenols is 3. The van der Waals surface area contributed by atoms with Crippen LogP contribution in [-0.2, 0) is 10.1 Å². The van der Waals surface area contributed by atoms with E-state index in [9.17, 15) is 33.1 Å². The topological polar surface area (TPSA) is 202 Å². The van der Waals surface area contributed by atoms with Gasteiger partial charge in [0.1, 0.15) is 39.1 Å². The fourth-order valence-electron chi connectivity index (χ4n) is 2.43. The molecule has 0 aliphatic rings. The van der Waals surface area contributed by atoms with E-state index in [1.807, 2.05) is 0 Å². The van der Waals surface area contributed by atoms with Crippen molar-refractivity contribution in [1.29, 1.82) is 0 Å². The lowest BCUT2D eigenvalue weighted by Crippen LogP contribution is -1.98. The van der Waals surface area contributed by atoms with Crippen LogP contribution in [0.5, 0.6) is 17.2 Å². The zero-order valence-electron chi connectivity index (χ0n) is 15.9. The van der Waals surface area contributed by atoms with E-state index in [1.165, 1.54) is 30.3 Å². The number of carboxylic acid groups (broad SMARTS) is 1. The monoisotopic (exact) mass is 458 g/mol. The molecule has 0 heterocycles. The Morgan fingerprint density at radius 3 is 1.94 bits per heavy atom. The molecule has 0 amide bonds. The summed E-state index contributed by atoms with van der Waals surface area (Å²) in [5.41, 5.74) is -0.673. The van der Waals surface area contributed by atoms with E-state index < -0.39 is 38.0 Å². The van der Waals surface area contributed by atoms with E-state index in [-0.39, 0.29) is 28.5 Å². The summed E-state index contributed by atoms with van der Waals surface area (Å²) < 4.78 is 33.1. The number of carbonyl (C=O) groups is 1. The van der Waals surface area contributed by atoms with Crippen LogP contribution in [0.1, 0.15) is 10.4 Å². The molecule has 3 rings (SSSR count). The van der Waals surface area contributed by atoms with Crippen LogP contribution in [0.3, 0.4) is 0 Å². The van der Waals surface area contributed by atoms with Gasteiger partial charge >= 0.3 is 5.97 Å². The summed E-state index contributed by atoms with van der Waals surface area (Å²) in [6, 6.07) is 10.4. The van der Waals surface area contributed by atoms with Crippen molar-refractivity contribution in [2.45, 2.75) is 4.90 Å². The molecule has 12 nitrogen and oxygen atoms in total. The van der Waals surface area contributed by atoms with E-state index in [4.69, 9.17) is 5.11 Å². The van der Waals surface area contributed by atoms with E-state index in [2.05, 4.69) is 20.5 Å². The van der Waals surface area contributed by atoms with E-state index >= 15 is 0 Å². The van der Waals surface area contributed by atoms with Gasteiger partial charge in [-0.05, 0) is 48.5 Å². The minimum atomic E-state index is -4.75. The van der Waals surface area contributed by atoms with Crippen LogP contribution in [0, 0.1) is 0 Å². The van der Waals surface area contributed by atoms with E-state index in [1.54, 1.807) is 0 Å². The van der Waals surface area contributed by atoms with Crippen LogP contribution in [-0.4, -0.2) is 39.4 Å². The zero-order valence-corrected chi connectivity index (χ0v) is 16.7. The quantitative estimate of drug-likeness (QED) is 0.261. The summed E-state index contributed by atoms with van der Waals surface area (Å²) in [6.45, 7) is 0. The maximum absolute atomic E-state index is 11.8. The largest absolute Gasteiger partial charge is 0.508 e. The average Bonchev–Trinajstić information content (AvgIpc) is 2.72. The van der Waals surface area contributed by atoms with Crippen molar-refractivity contribution >= 4 is 38.8 Å². The van der Waals surface area contributed by atoms with Crippen LogP contribution >= 0.6 is 0 Å². The van der Waals surface area contributed by atoms with Gasteiger partial charge in [0.15, 0.2) is 0 Å². The summed E-state index contributed by atoms with van der Waals surface area (Å²) >= 11 is 0. The van der Waals surface area contributed by atoms with Gasteiger partial charge in [-0.2, -0.15) is 18.6 Å². The number of aromatic hydroxyl groups is 3. The lowest BCUT2D eigenvalue weighted by molar-refractivity contribution is 0.0693. The second-order valence-electron chi connectivity index (χ2n) is 6.21. The minimum Gasteiger partial charge on any atom is -0.508 e. The molecule has 0 atom stereocenters. The third kappa shape index (κ3) is 5.21. The van der Waals surface area contributed by atoms with Crippen LogP contribution in [0.15, 0.2) is 79.9 Å². The number of rotatable bonds is 6. The Kier molecular flexibility index (Phi) is 6.13. The highest BCUT2D eigenvalue weighted by molar-refractivity contribution is 7.86. The predicted molar refractivity (Wildman–Crippen MR) is 109 cm³/mol. The van der Waals surface area contributed by atoms with Crippen molar-refractivity contribution in [3.05, 3.63) is 60.2 Å². The molecular weight excluding hydrogens is 444 g/mol. The third-order valence-electron chi connectivity index (χ3n) is 3.94. The first-order valence-electron chi connectivity index (χ1n) is 8.58. The molecule has 13 heteroatoms. The average molecular weight is 458 g/mol. The number of aromatic carboxylic acids is 1. The van der Waals surface area contributed by atoms with Crippen molar-refractivity contribution < 1.29 is 38.2 Å². The summed E-state index contributed by atoms with van der Waals surface area (Å²) in [5, 5.41) is 52.6. The molecule has 0 saturated heterocycles. The molecule has 0 aliphatic heterocycles. The Hall–Kier alpha value is -4.36. The number of carboxylic acids is 1. The Bertz CT molecular complexity index is 1370. The van der Waals surface area contributed by atoms with Crippen molar-refractivity contribution in [1.82, 2.24) is 0 Å². The summed E-state index contributed by atoms with van der Waals surface area (Å²) in [4.78, 5) is 10.4. The van der Waals surface area contributed by atoms with Crippen LogP contribution in [0.25, 0.3) is 0 Å². The molecule has 5 N–H and O–H groups in total. The van der Waals surface area contributed by atoms with Gasteiger partial charge in [-0.25, -0.2) is 4.79 Å². The van der Waals surface area contributed by atoms with Gasteiger partial charge in [0.2, 0.25) is 0 Å². The molecule has 0 radical (unpaired) electrons. The highest BCUT2D eigenvalue weighted by Gasteiger charge is 2.17. The lowest BCUT2D eigenvalue weighted by Gasteiger charge is -2.04. The molecule has 32 heavy (non-hydrogen) atoms. The van der Waals surface area contributed by atoms with Crippen LogP contribution in [0.4, 0.5) is 22.7 Å². The zero-order chi connectivity index (χ0) is 23.5. The van der Waals surface area contributed by atoms with Gasteiger partial charge < -0.3 is 20.4 Å². The fraction of sp³-hybridized carbons (Fsp3) is 0. The Morgan fingerprint density at radius 1 is 0.719 bits per heavy atom. The smallest absolute Gasteiger partial charge is 0.339 e. The highest BCUT2D eigenvalue weighted by atomic mass is 32.2. The molecule has 164 valence electrons. The van der Waals surface area contributed by atoms with Gasteiger partial charge in [0, 0.05) is 6.07 Å². The first kappa shape index (κ1) is 22.3. The molecule has 0 bridgehead atoms. The van der Waals surface area contributed by atoms with Crippen molar-refractivity contribution in [2.24, 2.45) is 20.5 Å². The summed E-state index contributed by atoms with van der Waals surface area (Å²) in [6.07, 6.45) is 0. The first-order valence-corrected chi connectivity index (χ1v) is 10.0. The Labute approximate surface area is 180 Å². The van der Waals surface area contributed by atoms with Crippen molar-refractivity contribution in [3.63, 3.8) is 0 Å². The molecule has 0 spiro atoms. The normalized spacial score (nSPS) is 11.9. The van der Waals surface area contributed by atoms with Gasteiger partial charge in [0.25, 0.3) is 10.1 Å². The van der Waals surface area contributed by atoms with E-state index in [0.717, 1.165) is 24.3 Å². The molecule has 0 fully saturated rings. The second-order valence-corrected chi connectivity index (χ2v) is 7.60. The molecular formula is C19H14N4O8S. The van der Waals surface area contributed by atoms with Gasteiger partial charge in [-0.1, -0.05) is 0 Å². The molecule has 3 aromatic carbocycles. The van der Waals surface area contributed by atoms with Crippen molar-refractivity contribution in [3.8, 4) is 17.2 Å². The van der Waals surface area contributed by atoms with E-state index in [0.29, 0.717) is 0 Å². The summed E-state index contributed by atoms with van der Waals surface area (Å²) in [7, 11) is -4.75. The number of hydrogen-bond acceptors (Lipinski definition) is 10. The maximum atomic E-state index is 11.8. The minimum absolute atomic E-state index is 0.0194. The first-order chi connectivity index (χ1) is 15.0. The molecule has 0 aliphatic carbocycles. The Balaban J connectivity index is 1.95. The lowest BCUT2D eigenvalue weighted by atomic mass is 10.2. The van der Waals surface area contributed by atoms with Crippen molar-refractivity contribution in [2.75, 3.05) is 0 Å². The van der Waals surface area contributed by atoms with Crippen LogP contribution in [0.2, 0.25) is 0 Å². The molecule has 0 saturated carbocycles. The SMILES string of the molecule is O=C(O)c1cc(N=Nc2ccc(N=Nc3ccc(O)cc3O)c(S(=O)(=O)O)c2)ccc1O. The van der Waals surface area contributed by atoms with Gasteiger partial charge in [-0.3, -0.25) is 4.55 Å². The van der Waals surface area contributed by atoms with Crippen LogP contribution < -0.4 is 0 Å². The third-order valence-corrected chi connectivity index (χ3v) is 4.82. The number of azo groups is 2. The maximum Gasteiger partial charge on any atom is 0.339 e. The van der Waals surface area contributed by atoms with Gasteiger partial charge in [-0.15, -0.1) is 10.2 Å². The molecule has 0 aromatic heterocycles. The summed E-state index contributed by atoms with van der Waals surface area (Å²) in [5.74, 6) is -2.44. The second kappa shape index (κ2) is 8.79. The number of phenolic OH excluding ortho intramolecular Hbond substituents is 2. The number of benzene rings is 3. The number of nitrogens with zero attached hydrogens (tertiary/aromatic N) is 4. The molecule has 3 aromatic rings. The highest BCUT2D eigenvalue weighted by Crippen LogP contribution is 2.34. The fourth-order valence-corrected chi connectivity index (χ4v) is 3.07. The molecule has 0 unspecified atom stereocenters.